The van der Waals surface area contributed by atoms with Gasteiger partial charge in [-0.3, -0.25) is 10.1 Å². The molecule has 0 unspecified atom stereocenters. The van der Waals surface area contributed by atoms with Crippen LogP contribution in [-0.4, -0.2) is 104 Å². The summed E-state index contributed by atoms with van der Waals surface area (Å²) in [5.41, 5.74) is -0.173. The molecule has 3 rings (SSSR count). The molecule has 1 aromatic carbocycles. The van der Waals surface area contributed by atoms with Crippen molar-refractivity contribution >= 4 is 5.69 Å². The van der Waals surface area contributed by atoms with Gasteiger partial charge >= 0.3 is 0 Å². The molecule has 168 valence electrons. The van der Waals surface area contributed by atoms with E-state index in [1.807, 2.05) is 0 Å². The van der Waals surface area contributed by atoms with Crippen LogP contribution in [0.5, 0.6) is 5.75 Å². The van der Waals surface area contributed by atoms with Crippen LogP contribution >= 0.6 is 0 Å². The summed E-state index contributed by atoms with van der Waals surface area (Å²) in [5, 5.41) is 69.7. The summed E-state index contributed by atoms with van der Waals surface area (Å²) in [4.78, 5) is 10.1. The Morgan fingerprint density at radius 1 is 0.867 bits per heavy atom. The second-order valence-electron chi connectivity index (χ2n) is 6.92. The predicted molar refractivity (Wildman–Crippen MR) is 94.1 cm³/mol. The van der Waals surface area contributed by atoms with E-state index in [2.05, 4.69) is 0 Å². The van der Waals surface area contributed by atoms with Gasteiger partial charge in [-0.15, -0.1) is 0 Å². The molecule has 2 aliphatic rings. The maximum absolute atomic E-state index is 10.7. The Hall–Kier alpha value is -1.94. The van der Waals surface area contributed by atoms with E-state index in [1.54, 1.807) is 0 Å². The molecule has 1 aromatic rings. The Morgan fingerprint density at radius 3 is 2.00 bits per heavy atom. The van der Waals surface area contributed by atoms with E-state index < -0.39 is 73.4 Å². The Morgan fingerprint density at radius 2 is 1.43 bits per heavy atom. The smallest absolute Gasteiger partial charge is 0.269 e. The fourth-order valence-electron chi connectivity index (χ4n) is 3.12. The molecule has 9 atom stereocenters. The summed E-state index contributed by atoms with van der Waals surface area (Å²) >= 11 is 0. The Labute approximate surface area is 169 Å². The molecule has 0 aliphatic carbocycles. The van der Waals surface area contributed by atoms with E-state index in [4.69, 9.17) is 24.1 Å². The molecule has 0 aromatic heterocycles. The summed E-state index contributed by atoms with van der Waals surface area (Å²) in [5.74, 6) is 0.108. The van der Waals surface area contributed by atoms with E-state index in [0.717, 1.165) is 0 Å². The largest absolute Gasteiger partial charge is 0.462 e. The van der Waals surface area contributed by atoms with Crippen molar-refractivity contribution in [1.29, 1.82) is 0 Å². The zero-order chi connectivity index (χ0) is 22.0. The van der Waals surface area contributed by atoms with Crippen molar-refractivity contribution in [3.05, 3.63) is 34.4 Å². The Balaban J connectivity index is 1.62. The molecule has 0 spiro atoms. The molecule has 6 N–H and O–H groups in total. The maximum Gasteiger partial charge on any atom is 0.269 e. The van der Waals surface area contributed by atoms with Crippen molar-refractivity contribution in [1.82, 2.24) is 0 Å². The zero-order valence-corrected chi connectivity index (χ0v) is 15.5. The van der Waals surface area contributed by atoms with Crippen molar-refractivity contribution in [2.75, 3.05) is 13.2 Å². The van der Waals surface area contributed by atoms with E-state index in [9.17, 15) is 35.6 Å². The molecule has 13 nitrogen and oxygen atoms in total. The highest BCUT2D eigenvalue weighted by Crippen LogP contribution is 2.27. The molecule has 2 saturated heterocycles. The lowest BCUT2D eigenvalue weighted by atomic mass is 9.99. The van der Waals surface area contributed by atoms with E-state index >= 15 is 0 Å². The average molecular weight is 433 g/mol. The van der Waals surface area contributed by atoms with Crippen LogP contribution in [0.3, 0.4) is 0 Å². The van der Waals surface area contributed by atoms with Crippen LogP contribution in [-0.2, 0) is 14.2 Å². The minimum Gasteiger partial charge on any atom is -0.462 e. The first-order valence-electron chi connectivity index (χ1n) is 9.07. The number of nitrogens with zero attached hydrogens (tertiary/aromatic N) is 1. The molecular weight excluding hydrogens is 410 g/mol. The third-order valence-corrected chi connectivity index (χ3v) is 4.89. The number of hydrogen-bond acceptors (Lipinski definition) is 12. The summed E-state index contributed by atoms with van der Waals surface area (Å²) in [7, 11) is 0. The van der Waals surface area contributed by atoms with Crippen LogP contribution in [0.25, 0.3) is 0 Å². The van der Waals surface area contributed by atoms with Gasteiger partial charge in [0, 0.05) is 12.1 Å². The standard InChI is InChI=1S/C17H23NO12/c19-5-9-11(20)14(23)16(29-9)27-6-10-12(21)13(22)15(24)17(30-10)28-8-3-1-7(2-4-8)18(25)26/h1-4,9-17,19-24H,5-6H2/t9-,10+,11-,12+,13-,14+,15+,16-,17+/m0/s1. The van der Waals surface area contributed by atoms with Gasteiger partial charge in [0.25, 0.3) is 5.69 Å². The van der Waals surface area contributed by atoms with E-state index in [1.165, 1.54) is 24.3 Å². The van der Waals surface area contributed by atoms with Gasteiger partial charge in [0.05, 0.1) is 18.1 Å². The van der Waals surface area contributed by atoms with Crippen LogP contribution in [0.2, 0.25) is 0 Å². The van der Waals surface area contributed by atoms with Crippen LogP contribution in [0.1, 0.15) is 0 Å². The van der Waals surface area contributed by atoms with Gasteiger partial charge in [0.15, 0.2) is 6.29 Å². The number of nitro benzene ring substituents is 1. The van der Waals surface area contributed by atoms with Crippen molar-refractivity contribution in [2.45, 2.75) is 55.3 Å². The van der Waals surface area contributed by atoms with Crippen molar-refractivity contribution in [3.63, 3.8) is 0 Å². The van der Waals surface area contributed by atoms with Gasteiger partial charge in [-0.05, 0) is 12.1 Å². The molecule has 2 fully saturated rings. The van der Waals surface area contributed by atoms with Gasteiger partial charge in [-0.1, -0.05) is 0 Å². The number of hydrogen-bond donors (Lipinski definition) is 6. The van der Waals surface area contributed by atoms with Gasteiger partial charge in [-0.25, -0.2) is 0 Å². The monoisotopic (exact) mass is 433 g/mol. The first kappa shape index (κ1) is 22.7. The van der Waals surface area contributed by atoms with E-state index in [0.29, 0.717) is 0 Å². The van der Waals surface area contributed by atoms with Gasteiger partial charge < -0.3 is 49.6 Å². The summed E-state index contributed by atoms with van der Waals surface area (Å²) < 4.78 is 21.3. The zero-order valence-electron chi connectivity index (χ0n) is 15.5. The molecule has 2 heterocycles. The number of nitro groups is 1. The van der Waals surface area contributed by atoms with Gasteiger partial charge in [-0.2, -0.15) is 0 Å². The number of aliphatic hydroxyl groups excluding tert-OH is 6. The Kier molecular flexibility index (Phi) is 7.18. The number of ether oxygens (including phenoxy) is 4. The second kappa shape index (κ2) is 9.47. The highest BCUT2D eigenvalue weighted by atomic mass is 16.7. The lowest BCUT2D eigenvalue weighted by molar-refractivity contribution is -0.384. The molecule has 0 bridgehead atoms. The number of benzene rings is 1. The summed E-state index contributed by atoms with van der Waals surface area (Å²) in [6, 6.07) is 4.91. The molecular formula is C17H23NO12. The van der Waals surface area contributed by atoms with E-state index in [-0.39, 0.29) is 11.4 Å². The van der Waals surface area contributed by atoms with Gasteiger partial charge in [0.2, 0.25) is 6.29 Å². The first-order valence-corrected chi connectivity index (χ1v) is 9.07. The molecule has 0 saturated carbocycles. The minimum absolute atomic E-state index is 0.108. The topological polar surface area (TPSA) is 201 Å². The normalized spacial score (nSPS) is 39.1. The molecule has 30 heavy (non-hydrogen) atoms. The third-order valence-electron chi connectivity index (χ3n) is 4.89. The summed E-state index contributed by atoms with van der Waals surface area (Å²) in [6.45, 7) is -0.964. The molecule has 13 heteroatoms. The first-order chi connectivity index (χ1) is 14.2. The third kappa shape index (κ3) is 4.69. The van der Waals surface area contributed by atoms with Gasteiger partial charge in [0.1, 0.15) is 48.5 Å². The van der Waals surface area contributed by atoms with Crippen LogP contribution in [0.4, 0.5) is 5.69 Å². The van der Waals surface area contributed by atoms with Crippen LogP contribution in [0, 0.1) is 10.1 Å². The summed E-state index contributed by atoms with van der Waals surface area (Å²) in [6.07, 6.45) is -12.7. The number of aliphatic hydroxyl groups is 6. The van der Waals surface area contributed by atoms with Crippen molar-refractivity contribution < 1.29 is 54.5 Å². The second-order valence-corrected chi connectivity index (χ2v) is 6.92. The quantitative estimate of drug-likeness (QED) is 0.191. The number of rotatable bonds is 7. The fraction of sp³-hybridized carbons (Fsp3) is 0.647. The fourth-order valence-corrected chi connectivity index (χ4v) is 3.12. The molecule has 2 aliphatic heterocycles. The lowest BCUT2D eigenvalue weighted by Crippen LogP contribution is -2.60. The Bertz CT molecular complexity index is 717. The maximum atomic E-state index is 10.7. The van der Waals surface area contributed by atoms with Crippen molar-refractivity contribution in [3.8, 4) is 5.75 Å². The number of non-ortho nitro benzene ring substituents is 1. The predicted octanol–water partition coefficient (Wildman–Crippen LogP) is -2.76. The minimum atomic E-state index is -1.67. The molecule has 0 radical (unpaired) electrons. The lowest BCUT2D eigenvalue weighted by Gasteiger charge is -2.40. The highest BCUT2D eigenvalue weighted by Gasteiger charge is 2.47. The van der Waals surface area contributed by atoms with Crippen LogP contribution < -0.4 is 4.74 Å². The average Bonchev–Trinajstić information content (AvgIpc) is 3.01. The molecule has 0 amide bonds. The van der Waals surface area contributed by atoms with Crippen molar-refractivity contribution in [2.24, 2.45) is 0 Å². The van der Waals surface area contributed by atoms with Crippen LogP contribution in [0.15, 0.2) is 24.3 Å². The highest BCUT2D eigenvalue weighted by molar-refractivity contribution is 5.36. The SMILES string of the molecule is O=[N+]([O-])c1ccc(O[C@@H]2O[C@H](CO[C@H]3O[C@@H](CO)[C@H](O)[C@H]3O)[C@@H](O)[C@H](O)[C@H]2O)cc1.